The smallest absolute Gasteiger partial charge is 0.267 e. The Hall–Kier alpha value is -0.890. The molecule has 1 aliphatic heterocycles. The molecule has 0 saturated carbocycles. The molecule has 0 aliphatic carbocycles. The van der Waals surface area contributed by atoms with Gasteiger partial charge in [-0.2, -0.15) is 0 Å². The van der Waals surface area contributed by atoms with E-state index in [2.05, 4.69) is 31.2 Å². The maximum atomic E-state index is 11.6. The molecule has 1 aliphatic rings. The number of rotatable bonds is 3. The zero-order chi connectivity index (χ0) is 12.5. The molecule has 1 aromatic heterocycles. The van der Waals surface area contributed by atoms with Crippen LogP contribution in [0.5, 0.6) is 0 Å². The van der Waals surface area contributed by atoms with Crippen molar-refractivity contribution in [1.82, 2.24) is 9.97 Å². The Balaban J connectivity index is 2.08. The van der Waals surface area contributed by atoms with Crippen molar-refractivity contribution in [2.24, 2.45) is 0 Å². The summed E-state index contributed by atoms with van der Waals surface area (Å²) in [5.74, 6) is 0.624. The van der Waals surface area contributed by atoms with Crippen molar-refractivity contribution in [3.05, 3.63) is 21.2 Å². The largest absolute Gasteiger partial charge is 0.368 e. The maximum Gasteiger partial charge on any atom is 0.267 e. The van der Waals surface area contributed by atoms with Crippen LogP contribution in [0.4, 0.5) is 5.82 Å². The molecule has 17 heavy (non-hydrogen) atoms. The van der Waals surface area contributed by atoms with E-state index < -0.39 is 9.84 Å². The van der Waals surface area contributed by atoms with Gasteiger partial charge >= 0.3 is 0 Å². The molecule has 0 bridgehead atoms. The molecule has 1 fully saturated rings. The minimum atomic E-state index is -2.97. The molecule has 1 saturated heterocycles. The first-order valence-corrected chi connectivity index (χ1v) is 7.70. The summed E-state index contributed by atoms with van der Waals surface area (Å²) in [6.07, 6.45) is 2.65. The topological polar surface area (TPSA) is 91.9 Å². The summed E-state index contributed by atoms with van der Waals surface area (Å²) >= 11 is 3.10. The van der Waals surface area contributed by atoms with Gasteiger partial charge in [0.25, 0.3) is 5.56 Å². The zero-order valence-corrected chi connectivity index (χ0v) is 11.3. The molecule has 8 heteroatoms. The normalized spacial score (nSPS) is 22.5. The van der Waals surface area contributed by atoms with Crippen LogP contribution in [0.25, 0.3) is 0 Å². The van der Waals surface area contributed by atoms with Gasteiger partial charge in [0.05, 0.1) is 17.3 Å². The minimum Gasteiger partial charge on any atom is -0.368 e. The molecule has 0 spiro atoms. The fourth-order valence-corrected chi connectivity index (χ4v) is 3.93. The number of halogens is 1. The standard InChI is InChI=1S/C9H12BrN3O3S/c10-7-8(12-5-13-9(7)14)11-4-6-2-1-3-17(6,15)16/h5-6H,1-4H2,(H2,11,12,13,14). The van der Waals surface area contributed by atoms with Crippen LogP contribution in [0.3, 0.4) is 0 Å². The summed E-state index contributed by atoms with van der Waals surface area (Å²) in [7, 11) is -2.97. The summed E-state index contributed by atoms with van der Waals surface area (Å²) < 4.78 is 23.5. The zero-order valence-electron chi connectivity index (χ0n) is 8.94. The first-order chi connectivity index (χ1) is 8.00. The fourth-order valence-electron chi connectivity index (χ4n) is 1.80. The molecule has 1 unspecified atom stereocenters. The highest BCUT2D eigenvalue weighted by Gasteiger charge is 2.31. The van der Waals surface area contributed by atoms with Gasteiger partial charge in [-0.25, -0.2) is 13.4 Å². The van der Waals surface area contributed by atoms with Crippen molar-refractivity contribution in [1.29, 1.82) is 0 Å². The van der Waals surface area contributed by atoms with Gasteiger partial charge in [-0.05, 0) is 28.8 Å². The molecule has 1 aromatic rings. The number of H-pyrrole nitrogens is 1. The summed E-state index contributed by atoms with van der Waals surface area (Å²) in [4.78, 5) is 17.6. The lowest BCUT2D eigenvalue weighted by molar-refractivity contribution is 0.591. The highest BCUT2D eigenvalue weighted by atomic mass is 79.9. The Morgan fingerprint density at radius 2 is 2.35 bits per heavy atom. The van der Waals surface area contributed by atoms with Crippen LogP contribution in [0, 0.1) is 0 Å². The summed E-state index contributed by atoms with van der Waals surface area (Å²) in [5, 5.41) is 2.51. The molecule has 0 radical (unpaired) electrons. The Kier molecular flexibility index (Phi) is 3.53. The van der Waals surface area contributed by atoms with Crippen LogP contribution in [0.15, 0.2) is 15.6 Å². The molecule has 2 N–H and O–H groups in total. The molecule has 0 amide bonds. The summed E-state index contributed by atoms with van der Waals surface area (Å²) in [6, 6.07) is 0. The quantitative estimate of drug-likeness (QED) is 0.846. The van der Waals surface area contributed by atoms with E-state index in [0.29, 0.717) is 18.7 Å². The predicted molar refractivity (Wildman–Crippen MR) is 67.9 cm³/mol. The van der Waals surface area contributed by atoms with Gasteiger partial charge in [0.1, 0.15) is 10.3 Å². The molecule has 6 nitrogen and oxygen atoms in total. The minimum absolute atomic E-state index is 0.253. The first-order valence-electron chi connectivity index (χ1n) is 5.19. The molecule has 2 heterocycles. The van der Waals surface area contributed by atoms with Crippen LogP contribution in [-0.4, -0.2) is 35.9 Å². The number of anilines is 1. The average molecular weight is 322 g/mol. The van der Waals surface area contributed by atoms with E-state index in [-0.39, 0.29) is 27.6 Å². The van der Waals surface area contributed by atoms with E-state index in [9.17, 15) is 13.2 Å². The molecule has 1 atom stereocenters. The van der Waals surface area contributed by atoms with Crippen molar-refractivity contribution < 1.29 is 8.42 Å². The third-order valence-electron chi connectivity index (χ3n) is 2.76. The van der Waals surface area contributed by atoms with Gasteiger partial charge in [-0.3, -0.25) is 4.79 Å². The van der Waals surface area contributed by atoms with Gasteiger partial charge in [0.2, 0.25) is 0 Å². The SMILES string of the molecule is O=c1[nH]cnc(NCC2CCCS2(=O)=O)c1Br. The van der Waals surface area contributed by atoms with Gasteiger partial charge < -0.3 is 10.3 Å². The van der Waals surface area contributed by atoms with Gasteiger partial charge in [0, 0.05) is 6.54 Å². The maximum absolute atomic E-state index is 11.6. The van der Waals surface area contributed by atoms with E-state index in [1.807, 2.05) is 0 Å². The molecule has 0 aromatic carbocycles. The Labute approximate surface area is 107 Å². The predicted octanol–water partition coefficient (Wildman–Crippen LogP) is 0.522. The van der Waals surface area contributed by atoms with Crippen molar-refractivity contribution in [2.45, 2.75) is 18.1 Å². The molecule has 94 valence electrons. The van der Waals surface area contributed by atoms with Crippen LogP contribution in [-0.2, 0) is 9.84 Å². The van der Waals surface area contributed by atoms with Crippen LogP contribution < -0.4 is 10.9 Å². The van der Waals surface area contributed by atoms with Crippen molar-refractivity contribution in [2.75, 3.05) is 17.6 Å². The third kappa shape index (κ3) is 2.68. The number of aromatic nitrogens is 2. The van der Waals surface area contributed by atoms with Crippen molar-refractivity contribution in [3.63, 3.8) is 0 Å². The summed E-state index contributed by atoms with van der Waals surface area (Å²) in [5.41, 5.74) is -0.295. The highest BCUT2D eigenvalue weighted by molar-refractivity contribution is 9.10. The van der Waals surface area contributed by atoms with Gasteiger partial charge in [-0.1, -0.05) is 0 Å². The van der Waals surface area contributed by atoms with Crippen molar-refractivity contribution in [3.8, 4) is 0 Å². The van der Waals surface area contributed by atoms with Crippen LogP contribution >= 0.6 is 15.9 Å². The summed E-state index contributed by atoms with van der Waals surface area (Å²) in [6.45, 7) is 0.289. The Morgan fingerprint density at radius 3 is 3.00 bits per heavy atom. The Morgan fingerprint density at radius 1 is 1.59 bits per heavy atom. The van der Waals surface area contributed by atoms with Crippen molar-refractivity contribution >= 4 is 31.6 Å². The second-order valence-corrected chi connectivity index (χ2v) is 7.10. The van der Waals surface area contributed by atoms with E-state index >= 15 is 0 Å². The van der Waals surface area contributed by atoms with E-state index in [1.54, 1.807) is 0 Å². The van der Waals surface area contributed by atoms with Gasteiger partial charge in [-0.15, -0.1) is 0 Å². The van der Waals surface area contributed by atoms with Crippen LogP contribution in [0.1, 0.15) is 12.8 Å². The molecular weight excluding hydrogens is 310 g/mol. The number of aromatic amines is 1. The fraction of sp³-hybridized carbons (Fsp3) is 0.556. The number of nitrogens with one attached hydrogen (secondary N) is 2. The second kappa shape index (κ2) is 4.77. The second-order valence-electron chi connectivity index (χ2n) is 3.91. The number of sulfone groups is 1. The number of nitrogens with zero attached hydrogens (tertiary/aromatic N) is 1. The lowest BCUT2D eigenvalue weighted by Gasteiger charge is -2.11. The lowest BCUT2D eigenvalue weighted by Crippen LogP contribution is -2.26. The highest BCUT2D eigenvalue weighted by Crippen LogP contribution is 2.21. The third-order valence-corrected chi connectivity index (χ3v) is 5.77. The van der Waals surface area contributed by atoms with E-state index in [4.69, 9.17) is 0 Å². The number of hydrogen-bond acceptors (Lipinski definition) is 5. The average Bonchev–Trinajstić information content (AvgIpc) is 2.60. The van der Waals surface area contributed by atoms with Gasteiger partial charge in [0.15, 0.2) is 9.84 Å². The molecular formula is C9H12BrN3O3S. The van der Waals surface area contributed by atoms with Crippen LogP contribution in [0.2, 0.25) is 0 Å². The lowest BCUT2D eigenvalue weighted by atomic mass is 10.2. The number of hydrogen-bond donors (Lipinski definition) is 2. The Bertz CT molecular complexity index is 569. The first kappa shape index (κ1) is 12.6. The monoisotopic (exact) mass is 321 g/mol. The van der Waals surface area contributed by atoms with E-state index in [0.717, 1.165) is 0 Å². The van der Waals surface area contributed by atoms with E-state index in [1.165, 1.54) is 6.33 Å². The molecule has 2 rings (SSSR count).